The van der Waals surface area contributed by atoms with Crippen molar-refractivity contribution in [2.24, 2.45) is 11.5 Å². The summed E-state index contributed by atoms with van der Waals surface area (Å²) in [6.45, 7) is 20.5. The zero-order valence-electron chi connectivity index (χ0n) is 43.5. The Kier molecular flexibility index (Phi) is 22.4. The zero-order chi connectivity index (χ0) is 54.8. The van der Waals surface area contributed by atoms with Crippen molar-refractivity contribution in [3.05, 3.63) is 94.9 Å². The number of carboxylic acids is 1. The molecular weight excluding hydrogens is 1170 g/mol. The van der Waals surface area contributed by atoms with Crippen molar-refractivity contribution in [2.75, 3.05) is 24.1 Å². The molecule has 6 aromatic heterocycles. The van der Waals surface area contributed by atoms with Crippen molar-refractivity contribution in [3.8, 4) is 0 Å². The van der Waals surface area contributed by atoms with Gasteiger partial charge in [0.15, 0.2) is 11.3 Å². The molecule has 0 saturated heterocycles. The Morgan fingerprint density at radius 2 is 1.12 bits per heavy atom. The molecule has 0 aromatic carbocycles. The standard InChI is InChI=1S/C23H30N8O4.C16H22N6O3.C7H10N2O2.BH.U/c1-6-31-17(11-14(2)29-31)20(33)28-21-27-16-12-15(18(24)32)13-26-19(16)30(21)10-8-7-9-25-22(34)35-23(3,4)5;1-16(2,3)25-15(24)19-6-4-5-7-22-13-11(21-14(22)18)8-10(9-20-13)12(17)23;1-3-9-6(7(10)11)4-5(2)8-9;;/h7-8,11-13H,6,9-10H2,1-5H3,(H2,24,32)(H,25,34)(H,27,28,33);4-5,8-9H,6-7H2,1-3H3,(H2,17,23)(H2,18,21)(H,19,24);4H,3H2,1-2H3,(H,10,11);1H;/b8-7+;5-4+;;;/i;;;1T;. The topological polar surface area (TPSA) is 352 Å². The molecule has 10 N–H and O–H groups in total. The van der Waals surface area contributed by atoms with Crippen molar-refractivity contribution < 1.29 is 74.5 Å². The molecule has 2 radical (unpaired) electrons. The van der Waals surface area contributed by atoms with Crippen LogP contribution in [0.25, 0.3) is 22.3 Å². The summed E-state index contributed by atoms with van der Waals surface area (Å²) < 4.78 is 22.0. The van der Waals surface area contributed by atoms with E-state index in [1.165, 1.54) is 23.1 Å². The van der Waals surface area contributed by atoms with Crippen LogP contribution in [-0.2, 0) is 35.7 Å². The number of allylic oxidation sites excluding steroid dienone is 2. The molecule has 27 heteroatoms. The number of amides is 5. The first kappa shape index (κ1) is 59.8. The number of imidazole rings is 2. The summed E-state index contributed by atoms with van der Waals surface area (Å²) in [6, 6.07) is 6.32. The predicted octanol–water partition coefficient (Wildman–Crippen LogP) is 3.84. The second-order valence-electron chi connectivity index (χ2n) is 17.4. The summed E-state index contributed by atoms with van der Waals surface area (Å²) in [7, 11) is 3.75. The number of anilines is 2. The van der Waals surface area contributed by atoms with E-state index in [0.717, 1.165) is 11.4 Å². The van der Waals surface area contributed by atoms with Gasteiger partial charge in [-0.05, 0) is 94.8 Å². The third-order valence-corrected chi connectivity index (χ3v) is 9.28. The smallest absolute Gasteiger partial charge is 0.407 e. The summed E-state index contributed by atoms with van der Waals surface area (Å²) in [5.74, 6) is -1.99. The zero-order valence-corrected chi connectivity index (χ0v) is 46.7. The average Bonchev–Trinajstić information content (AvgIpc) is 4.07. The maximum absolute atomic E-state index is 13.0. The number of carbonyl (C=O) groups is 6. The fourth-order valence-electron chi connectivity index (χ4n) is 6.29. The minimum Gasteiger partial charge on any atom is -0.477 e. The van der Waals surface area contributed by atoms with Crippen molar-refractivity contribution >= 4 is 78.5 Å². The second kappa shape index (κ2) is 27.3. The van der Waals surface area contributed by atoms with E-state index in [9.17, 15) is 28.8 Å². The summed E-state index contributed by atoms with van der Waals surface area (Å²) in [5, 5.41) is 25.0. The van der Waals surface area contributed by atoms with Crippen molar-refractivity contribution in [2.45, 2.75) is 107 Å². The molecule has 0 spiro atoms. The first-order valence-electron chi connectivity index (χ1n) is 22.8. The van der Waals surface area contributed by atoms with Crippen LogP contribution in [0, 0.1) is 45.0 Å². The van der Waals surface area contributed by atoms with Crippen LogP contribution in [0.1, 0.15) is 108 Å². The van der Waals surface area contributed by atoms with Gasteiger partial charge in [0.05, 0.1) is 22.5 Å². The molecule has 5 amide bonds. The van der Waals surface area contributed by atoms with E-state index in [-0.39, 0.29) is 78.8 Å². The average molecular weight is 1230 g/mol. The second-order valence-corrected chi connectivity index (χ2v) is 17.4. The molecule has 388 valence electrons. The number of aromatic nitrogens is 10. The number of nitrogens with two attached hydrogens (primary N) is 3. The molecule has 6 rings (SSSR count). The molecule has 6 heterocycles. The molecule has 0 aliphatic heterocycles. The van der Waals surface area contributed by atoms with Crippen LogP contribution in [0.2, 0.25) is 0 Å². The number of fused-ring (bicyclic) bond motifs is 2. The number of alkyl carbamates (subject to hydrolysis) is 2. The van der Waals surface area contributed by atoms with Crippen molar-refractivity contribution in [1.82, 2.24) is 59.3 Å². The Morgan fingerprint density at radius 3 is 1.55 bits per heavy atom. The molecule has 0 bridgehead atoms. The number of nitrogen functional groups attached to an aromatic ring is 1. The molecule has 0 saturated carbocycles. The van der Waals surface area contributed by atoms with Gasteiger partial charge in [0.1, 0.15) is 33.6 Å². The number of aryl methyl sites for hydroxylation is 4. The quantitative estimate of drug-likeness (QED) is 0.0567. The molecule has 0 unspecified atom stereocenters. The van der Waals surface area contributed by atoms with Gasteiger partial charge >= 0.3 is 18.2 Å². The maximum Gasteiger partial charge on any atom is 0.407 e. The fourth-order valence-corrected chi connectivity index (χ4v) is 6.29. The number of ether oxygens (including phenoxy) is 2. The van der Waals surface area contributed by atoms with Gasteiger partial charge in [-0.15, -0.1) is 0 Å². The summed E-state index contributed by atoms with van der Waals surface area (Å²) >= 11 is 0. The largest absolute Gasteiger partial charge is 0.477 e. The Morgan fingerprint density at radius 1 is 0.699 bits per heavy atom. The molecule has 0 aliphatic rings. The predicted molar refractivity (Wildman–Crippen MR) is 271 cm³/mol. The number of nitrogens with one attached hydrogen (secondary N) is 3. The summed E-state index contributed by atoms with van der Waals surface area (Å²) in [4.78, 5) is 86.7. The molecule has 6 aromatic rings. The van der Waals surface area contributed by atoms with Gasteiger partial charge in [-0.1, -0.05) is 24.3 Å². The van der Waals surface area contributed by atoms with Gasteiger partial charge in [-0.25, -0.2) is 34.3 Å². The van der Waals surface area contributed by atoms with E-state index in [1.54, 1.807) is 98.7 Å². The number of pyridine rings is 2. The van der Waals surface area contributed by atoms with Gasteiger partial charge in [0, 0.05) is 91.2 Å². The molecule has 0 aliphatic carbocycles. The SMILES string of the molecule is CC(C)(C)OC(=O)NC/C=C/Cn1c(N)nc2cc(C(N)=O)cnc21.CCn1nc(C)cc1C(=O)Nc1nc2cc(C(N)=O)cnc2n1C/C=C/CNC(=O)OC(C)(C)C.CCn1nc(C)cc1C(=O)O.[3H][B].[U]. The van der Waals surface area contributed by atoms with E-state index in [1.807, 2.05) is 26.8 Å². The van der Waals surface area contributed by atoms with Crippen LogP contribution in [0.4, 0.5) is 21.5 Å². The normalized spacial score (nSPS) is 11.2. The number of nitrogens with zero attached hydrogens (tertiary/aromatic N) is 10. The number of hydrogen-bond acceptors (Lipinski definition) is 15. The van der Waals surface area contributed by atoms with Gasteiger partial charge in [-0.2, -0.15) is 10.2 Å². The Balaban J connectivity index is 0.000000417. The van der Waals surface area contributed by atoms with Crippen molar-refractivity contribution in [3.63, 3.8) is 0 Å². The van der Waals surface area contributed by atoms with E-state index < -0.39 is 41.2 Å². The number of primary amides is 2. The van der Waals surface area contributed by atoms with Crippen LogP contribution in [0.15, 0.2) is 61.0 Å². The number of carboxylic acid groups (broad SMARTS) is 1. The fraction of sp³-hybridized carbons (Fsp3) is 0.391. The van der Waals surface area contributed by atoms with Gasteiger partial charge in [0.2, 0.25) is 23.7 Å². The van der Waals surface area contributed by atoms with Crippen molar-refractivity contribution in [1.29, 1.82) is 1.34 Å². The van der Waals surface area contributed by atoms with Gasteiger partial charge < -0.3 is 42.4 Å². The molecular formula is C46H63BN16O9U. The summed E-state index contributed by atoms with van der Waals surface area (Å²) in [5.41, 5.74) is 19.8. The first-order chi connectivity index (χ1) is 34.3. The third-order valence-electron chi connectivity index (χ3n) is 9.28. The minimum atomic E-state index is -0.924. The number of rotatable bonds is 15. The monoisotopic (exact) mass is 1230 g/mol. The van der Waals surface area contributed by atoms with E-state index in [0.29, 0.717) is 54.2 Å². The number of hydrogen-bond donors (Lipinski definition) is 7. The molecule has 25 nitrogen and oxygen atoms in total. The van der Waals surface area contributed by atoms with E-state index in [4.69, 9.17) is 33.1 Å². The number of carbonyl (C=O) groups excluding carboxylic acids is 5. The van der Waals surface area contributed by atoms with Crippen LogP contribution in [-0.4, -0.2) is 124 Å². The molecule has 0 atom stereocenters. The Bertz CT molecular complexity index is 2970. The van der Waals surface area contributed by atoms with Crippen LogP contribution in [0.3, 0.4) is 0 Å². The van der Waals surface area contributed by atoms with Crippen LogP contribution in [0.5, 0.6) is 0 Å². The Labute approximate surface area is 448 Å². The van der Waals surface area contributed by atoms with Crippen LogP contribution < -0.4 is 33.2 Å². The van der Waals surface area contributed by atoms with Gasteiger partial charge in [0.25, 0.3) is 5.91 Å². The molecule has 0 fully saturated rings. The maximum atomic E-state index is 13.0. The van der Waals surface area contributed by atoms with Crippen LogP contribution >= 0.6 is 0 Å². The van der Waals surface area contributed by atoms with E-state index in [2.05, 4.69) is 54.5 Å². The molecule has 73 heavy (non-hydrogen) atoms. The third kappa shape index (κ3) is 18.6. The van der Waals surface area contributed by atoms with Gasteiger partial charge in [-0.3, -0.25) is 38.2 Å². The number of aromatic carboxylic acids is 1. The Hall–Kier alpha value is -7.52. The summed E-state index contributed by atoms with van der Waals surface area (Å²) in [6.07, 6.45) is 8.86. The van der Waals surface area contributed by atoms with E-state index >= 15 is 0 Å². The minimum absolute atomic E-state index is 0. The first-order valence-corrected chi connectivity index (χ1v) is 22.3.